The first kappa shape index (κ1) is 31.7. The molecule has 2 saturated heterocycles. The average molecular weight is 659 g/mol. The van der Waals surface area contributed by atoms with Crippen LogP contribution in [0, 0.1) is 11.6 Å². The summed E-state index contributed by atoms with van der Waals surface area (Å²) in [6.45, 7) is 7.21. The maximum atomic E-state index is 16.4. The molecule has 3 heterocycles. The van der Waals surface area contributed by atoms with Crippen LogP contribution in [0.2, 0.25) is 10.0 Å². The van der Waals surface area contributed by atoms with Gasteiger partial charge in [0.25, 0.3) is 0 Å². The predicted molar refractivity (Wildman–Crippen MR) is 169 cm³/mol. The lowest BCUT2D eigenvalue weighted by Gasteiger charge is -2.52. The molecule has 0 saturated carbocycles. The van der Waals surface area contributed by atoms with E-state index in [9.17, 15) is 9.59 Å². The van der Waals surface area contributed by atoms with Gasteiger partial charge in [0.2, 0.25) is 11.8 Å². The van der Waals surface area contributed by atoms with Crippen molar-refractivity contribution >= 4 is 40.7 Å². The van der Waals surface area contributed by atoms with E-state index in [0.717, 1.165) is 19.2 Å². The summed E-state index contributed by atoms with van der Waals surface area (Å²) in [7, 11) is 0. The fourth-order valence-electron chi connectivity index (χ4n) is 7.17. The van der Waals surface area contributed by atoms with E-state index in [4.69, 9.17) is 32.7 Å². The van der Waals surface area contributed by atoms with Gasteiger partial charge in [-0.1, -0.05) is 41.4 Å². The molecule has 0 aromatic heterocycles. The third-order valence-corrected chi connectivity index (χ3v) is 9.47. The Morgan fingerprint density at radius 1 is 1.02 bits per heavy atom. The maximum absolute atomic E-state index is 16.4. The first-order chi connectivity index (χ1) is 21.6. The quantitative estimate of drug-likeness (QED) is 0.291. The molecule has 3 aliphatic heterocycles. The molecule has 0 bridgehead atoms. The monoisotopic (exact) mass is 657 g/mol. The van der Waals surface area contributed by atoms with Crippen molar-refractivity contribution in [3.05, 3.63) is 93.0 Å². The lowest BCUT2D eigenvalue weighted by molar-refractivity contribution is -0.146. The molecule has 6 rings (SSSR count). The number of carbonyl (C=O) groups is 2. The van der Waals surface area contributed by atoms with Gasteiger partial charge in [-0.05, 0) is 67.8 Å². The molecule has 0 aliphatic carbocycles. The molecule has 2 amide bonds. The molecular formula is C34H35Cl2F2N3O4. The molecule has 7 nitrogen and oxygen atoms in total. The van der Waals surface area contributed by atoms with Gasteiger partial charge in [-0.15, -0.1) is 0 Å². The minimum atomic E-state index is -1.58. The lowest BCUT2D eigenvalue weighted by Crippen LogP contribution is -2.59. The SMILES string of the molecule is CC(C)Oc1ccc(F)c(F)c1C1N(CCCN2CCOCC2)C(=O)CC(c2cccc(Cl)c2)C12C(=O)Nc1cc(Cl)ccc12. The van der Waals surface area contributed by atoms with Gasteiger partial charge in [0, 0.05) is 54.3 Å². The Morgan fingerprint density at radius 3 is 2.51 bits per heavy atom. The molecule has 2 fully saturated rings. The van der Waals surface area contributed by atoms with Crippen molar-refractivity contribution in [2.75, 3.05) is 44.7 Å². The predicted octanol–water partition coefficient (Wildman–Crippen LogP) is 6.73. The zero-order chi connectivity index (χ0) is 31.9. The van der Waals surface area contributed by atoms with E-state index in [-0.39, 0.29) is 30.2 Å². The summed E-state index contributed by atoms with van der Waals surface area (Å²) in [6.07, 6.45) is 0.0964. The number of rotatable bonds is 8. The van der Waals surface area contributed by atoms with Crippen molar-refractivity contribution in [1.82, 2.24) is 9.80 Å². The highest BCUT2D eigenvalue weighted by Crippen LogP contribution is 2.61. The molecule has 3 aliphatic rings. The third-order valence-electron chi connectivity index (χ3n) is 9.00. The lowest BCUT2D eigenvalue weighted by atomic mass is 9.58. The number of nitrogens with zero attached hydrogens (tertiary/aromatic N) is 2. The number of fused-ring (bicyclic) bond motifs is 2. The zero-order valence-electron chi connectivity index (χ0n) is 25.1. The van der Waals surface area contributed by atoms with Crippen LogP contribution in [0.25, 0.3) is 0 Å². The van der Waals surface area contributed by atoms with E-state index in [1.54, 1.807) is 55.1 Å². The van der Waals surface area contributed by atoms with Crippen LogP contribution in [0.15, 0.2) is 54.6 Å². The molecule has 3 unspecified atom stereocenters. The number of morpholine rings is 1. The van der Waals surface area contributed by atoms with Gasteiger partial charge in [-0.3, -0.25) is 14.5 Å². The second-order valence-corrected chi connectivity index (χ2v) is 12.9. The van der Waals surface area contributed by atoms with Crippen molar-refractivity contribution in [3.8, 4) is 5.75 Å². The fourth-order valence-corrected chi connectivity index (χ4v) is 7.54. The van der Waals surface area contributed by atoms with Gasteiger partial charge in [0.05, 0.1) is 30.9 Å². The van der Waals surface area contributed by atoms with Gasteiger partial charge in [0.15, 0.2) is 11.6 Å². The second kappa shape index (κ2) is 12.9. The minimum Gasteiger partial charge on any atom is -0.491 e. The number of benzene rings is 3. The Kier molecular flexibility index (Phi) is 9.07. The molecule has 11 heteroatoms. The van der Waals surface area contributed by atoms with Crippen LogP contribution in [0.4, 0.5) is 14.5 Å². The first-order valence-corrected chi connectivity index (χ1v) is 16.0. The van der Waals surface area contributed by atoms with Gasteiger partial charge in [-0.2, -0.15) is 0 Å². The molecule has 3 aromatic rings. The number of nitrogens with one attached hydrogen (secondary N) is 1. The van der Waals surface area contributed by atoms with Crippen molar-refractivity contribution in [2.24, 2.45) is 0 Å². The van der Waals surface area contributed by atoms with Gasteiger partial charge in [0.1, 0.15) is 11.2 Å². The molecule has 1 N–H and O–H groups in total. The van der Waals surface area contributed by atoms with Crippen molar-refractivity contribution in [3.63, 3.8) is 0 Å². The summed E-state index contributed by atoms with van der Waals surface area (Å²) in [6, 6.07) is 13.2. The Morgan fingerprint density at radius 2 is 1.78 bits per heavy atom. The topological polar surface area (TPSA) is 71.1 Å². The highest BCUT2D eigenvalue weighted by molar-refractivity contribution is 6.31. The first-order valence-electron chi connectivity index (χ1n) is 15.2. The van der Waals surface area contributed by atoms with Crippen LogP contribution >= 0.6 is 23.2 Å². The van der Waals surface area contributed by atoms with Crippen molar-refractivity contribution in [2.45, 2.75) is 50.2 Å². The van der Waals surface area contributed by atoms with E-state index < -0.39 is 41.0 Å². The standard InChI is InChI=1S/C34H35Cl2F2N3O4/c1-20(2)45-28-10-9-26(37)31(38)30(28)32-34(24-8-7-23(36)18-27(24)39-33(34)43)25(21-5-3-6-22(35)17-21)19-29(42)41(32)12-4-11-40-13-15-44-16-14-40/h3,5-10,17-18,20,25,32H,4,11-16,19H2,1-2H3,(H,39,43). The van der Waals surface area contributed by atoms with Crippen LogP contribution in [0.5, 0.6) is 5.75 Å². The Bertz CT molecular complexity index is 1620. The third kappa shape index (κ3) is 5.80. The summed E-state index contributed by atoms with van der Waals surface area (Å²) >= 11 is 12.8. The molecule has 0 radical (unpaired) electrons. The van der Waals surface area contributed by atoms with Gasteiger partial charge in [-0.25, -0.2) is 8.78 Å². The Hall–Kier alpha value is -3.24. The molecule has 1 spiro atoms. The van der Waals surface area contributed by atoms with E-state index >= 15 is 8.78 Å². The van der Waals surface area contributed by atoms with Crippen LogP contribution in [-0.2, 0) is 19.7 Å². The number of hydrogen-bond donors (Lipinski definition) is 1. The van der Waals surface area contributed by atoms with Crippen LogP contribution in [0.1, 0.15) is 55.3 Å². The number of hydrogen-bond acceptors (Lipinski definition) is 5. The summed E-state index contributed by atoms with van der Waals surface area (Å²) in [4.78, 5) is 32.8. The van der Waals surface area contributed by atoms with Gasteiger partial charge >= 0.3 is 0 Å². The highest BCUT2D eigenvalue weighted by Gasteiger charge is 2.64. The summed E-state index contributed by atoms with van der Waals surface area (Å²) in [5.41, 5.74) is -0.128. The average Bonchev–Trinajstić information content (AvgIpc) is 3.28. The van der Waals surface area contributed by atoms with Crippen LogP contribution in [0.3, 0.4) is 0 Å². The molecule has 3 aromatic carbocycles. The molecule has 45 heavy (non-hydrogen) atoms. The summed E-state index contributed by atoms with van der Waals surface area (Å²) in [5.74, 6) is -3.70. The number of halogens is 4. The molecular weight excluding hydrogens is 623 g/mol. The van der Waals surface area contributed by atoms with E-state index in [1.807, 2.05) is 6.07 Å². The minimum absolute atomic E-state index is 0.0544. The molecule has 3 atom stereocenters. The van der Waals surface area contributed by atoms with Crippen molar-refractivity contribution in [1.29, 1.82) is 0 Å². The number of likely N-dealkylation sites (tertiary alicyclic amines) is 1. The second-order valence-electron chi connectivity index (χ2n) is 12.1. The van der Waals surface area contributed by atoms with Crippen molar-refractivity contribution < 1.29 is 27.8 Å². The van der Waals surface area contributed by atoms with Gasteiger partial charge < -0.3 is 19.7 Å². The number of carbonyl (C=O) groups excluding carboxylic acids is 2. The normalized spacial score (nSPS) is 23.5. The smallest absolute Gasteiger partial charge is 0.238 e. The fraction of sp³-hybridized carbons (Fsp3) is 0.412. The Balaban J connectivity index is 1.59. The summed E-state index contributed by atoms with van der Waals surface area (Å²) in [5, 5.41) is 3.80. The van der Waals surface area contributed by atoms with Crippen LogP contribution < -0.4 is 10.1 Å². The number of piperidine rings is 1. The maximum Gasteiger partial charge on any atom is 0.238 e. The zero-order valence-corrected chi connectivity index (χ0v) is 26.6. The number of anilines is 1. The number of ether oxygens (including phenoxy) is 2. The number of amides is 2. The van der Waals surface area contributed by atoms with E-state index in [0.29, 0.717) is 53.0 Å². The Labute approximate surface area is 271 Å². The van der Waals surface area contributed by atoms with E-state index in [2.05, 4.69) is 10.2 Å². The van der Waals surface area contributed by atoms with E-state index in [1.165, 1.54) is 6.07 Å². The van der Waals surface area contributed by atoms with Crippen LogP contribution in [-0.4, -0.2) is 67.1 Å². The highest BCUT2D eigenvalue weighted by atomic mass is 35.5. The summed E-state index contributed by atoms with van der Waals surface area (Å²) < 4.78 is 43.3. The largest absolute Gasteiger partial charge is 0.491 e. The molecule has 238 valence electrons.